The van der Waals surface area contributed by atoms with Crippen LogP contribution in [-0.4, -0.2) is 46.9 Å². The summed E-state index contributed by atoms with van der Waals surface area (Å²) in [5, 5.41) is 0. The maximum atomic E-state index is 11.9. The molecule has 0 aliphatic carbocycles. The zero-order valence-electron chi connectivity index (χ0n) is 15.2. The van der Waals surface area contributed by atoms with Crippen LogP contribution in [0.4, 0.5) is 0 Å². The minimum absolute atomic E-state index is 0.191. The summed E-state index contributed by atoms with van der Waals surface area (Å²) < 4.78 is 6.93. The van der Waals surface area contributed by atoms with Crippen LogP contribution in [0.15, 0.2) is 48.7 Å². The first-order valence-corrected chi connectivity index (χ1v) is 9.06. The molecule has 138 valence electrons. The minimum Gasteiger partial charge on any atom is -0.465 e. The van der Waals surface area contributed by atoms with Crippen LogP contribution in [0.1, 0.15) is 34.9 Å². The van der Waals surface area contributed by atoms with Crippen LogP contribution >= 0.6 is 0 Å². The smallest absolute Gasteiger partial charge is 0.337 e. The van der Waals surface area contributed by atoms with Gasteiger partial charge in [-0.1, -0.05) is 18.2 Å². The largest absolute Gasteiger partial charge is 0.465 e. The number of nitrogens with zero attached hydrogens (tertiary/aromatic N) is 3. The molecule has 1 aliphatic heterocycles. The van der Waals surface area contributed by atoms with Gasteiger partial charge in [0.2, 0.25) is 6.41 Å². The van der Waals surface area contributed by atoms with Gasteiger partial charge in [-0.05, 0) is 37.1 Å². The van der Waals surface area contributed by atoms with Crippen molar-refractivity contribution in [3.8, 4) is 11.3 Å². The average molecular weight is 363 g/mol. The average Bonchev–Trinajstić information content (AvgIpc) is 3.13. The summed E-state index contributed by atoms with van der Waals surface area (Å²) in [6.07, 6.45) is 4.90. The van der Waals surface area contributed by atoms with Gasteiger partial charge in [0.05, 0.1) is 23.9 Å². The molecule has 0 radical (unpaired) electrons. The lowest BCUT2D eigenvalue weighted by molar-refractivity contribution is -0.119. The second-order valence-electron chi connectivity index (χ2n) is 6.79. The number of hydrogen-bond donors (Lipinski definition) is 0. The number of piperidine rings is 1. The Morgan fingerprint density at radius 2 is 2.15 bits per heavy atom. The SMILES string of the molecule is COC(=O)c1cccc(-c2nc(C3CCCN(C=O)C3)n3ccccc23)c1. The van der Waals surface area contributed by atoms with Gasteiger partial charge in [0, 0.05) is 30.8 Å². The third kappa shape index (κ3) is 3.18. The number of methoxy groups -OCH3 is 1. The summed E-state index contributed by atoms with van der Waals surface area (Å²) in [6, 6.07) is 13.3. The molecule has 1 saturated heterocycles. The van der Waals surface area contributed by atoms with Gasteiger partial charge >= 0.3 is 5.97 Å². The molecule has 0 saturated carbocycles. The lowest BCUT2D eigenvalue weighted by Gasteiger charge is -2.29. The van der Waals surface area contributed by atoms with Crippen molar-refractivity contribution in [3.05, 3.63) is 60.0 Å². The number of hydrogen-bond acceptors (Lipinski definition) is 4. The van der Waals surface area contributed by atoms with Crippen LogP contribution in [0.2, 0.25) is 0 Å². The fourth-order valence-electron chi connectivity index (χ4n) is 3.79. The number of rotatable bonds is 4. The molecule has 1 atom stereocenters. The zero-order chi connectivity index (χ0) is 18.8. The van der Waals surface area contributed by atoms with Crippen molar-refractivity contribution in [1.29, 1.82) is 0 Å². The van der Waals surface area contributed by atoms with Crippen LogP contribution < -0.4 is 0 Å². The maximum absolute atomic E-state index is 11.9. The molecule has 6 nitrogen and oxygen atoms in total. The Labute approximate surface area is 157 Å². The third-order valence-electron chi connectivity index (χ3n) is 5.10. The molecular formula is C21H21N3O3. The number of esters is 1. The number of benzene rings is 1. The van der Waals surface area contributed by atoms with E-state index >= 15 is 0 Å². The Morgan fingerprint density at radius 1 is 1.26 bits per heavy atom. The number of carbonyl (C=O) groups is 2. The normalized spacial score (nSPS) is 17.1. The van der Waals surface area contributed by atoms with E-state index in [1.807, 2.05) is 47.5 Å². The van der Waals surface area contributed by atoms with E-state index in [1.54, 1.807) is 6.07 Å². The van der Waals surface area contributed by atoms with Crippen molar-refractivity contribution >= 4 is 17.9 Å². The van der Waals surface area contributed by atoms with Gasteiger partial charge in [-0.25, -0.2) is 9.78 Å². The molecule has 3 heterocycles. The van der Waals surface area contributed by atoms with Crippen molar-refractivity contribution < 1.29 is 14.3 Å². The monoisotopic (exact) mass is 363 g/mol. The fourth-order valence-corrected chi connectivity index (χ4v) is 3.79. The van der Waals surface area contributed by atoms with Gasteiger partial charge in [-0.3, -0.25) is 4.79 Å². The zero-order valence-corrected chi connectivity index (χ0v) is 15.2. The maximum Gasteiger partial charge on any atom is 0.337 e. The van der Waals surface area contributed by atoms with Crippen molar-refractivity contribution in [3.63, 3.8) is 0 Å². The van der Waals surface area contributed by atoms with E-state index < -0.39 is 0 Å². The number of aromatic nitrogens is 2. The van der Waals surface area contributed by atoms with Crippen molar-refractivity contribution in [1.82, 2.24) is 14.3 Å². The molecule has 4 rings (SSSR count). The molecule has 0 bridgehead atoms. The van der Waals surface area contributed by atoms with Crippen molar-refractivity contribution in [2.24, 2.45) is 0 Å². The first kappa shape index (κ1) is 17.3. The number of likely N-dealkylation sites (tertiary alicyclic amines) is 1. The van der Waals surface area contributed by atoms with Crippen LogP contribution in [0.5, 0.6) is 0 Å². The van der Waals surface area contributed by atoms with Crippen molar-refractivity contribution in [2.75, 3.05) is 20.2 Å². The molecular weight excluding hydrogens is 342 g/mol. The highest BCUT2D eigenvalue weighted by atomic mass is 16.5. The van der Waals surface area contributed by atoms with Crippen LogP contribution in [0, 0.1) is 0 Å². The van der Waals surface area contributed by atoms with Gasteiger partial charge < -0.3 is 14.0 Å². The molecule has 27 heavy (non-hydrogen) atoms. The van der Waals surface area contributed by atoms with Gasteiger partial charge in [0.15, 0.2) is 0 Å². The van der Waals surface area contributed by atoms with Gasteiger partial charge in [-0.15, -0.1) is 0 Å². The van der Waals surface area contributed by atoms with Crippen LogP contribution in [0.25, 0.3) is 16.8 Å². The molecule has 2 aromatic heterocycles. The summed E-state index contributed by atoms with van der Waals surface area (Å²) in [7, 11) is 1.38. The van der Waals surface area contributed by atoms with E-state index in [9.17, 15) is 9.59 Å². The predicted molar refractivity (Wildman–Crippen MR) is 102 cm³/mol. The molecule has 0 N–H and O–H groups in total. The summed E-state index contributed by atoms with van der Waals surface area (Å²) in [5.41, 5.74) is 3.19. The Kier molecular flexibility index (Phi) is 4.62. The molecule has 1 amide bonds. The molecule has 6 heteroatoms. The quantitative estimate of drug-likeness (QED) is 0.528. The van der Waals surface area contributed by atoms with E-state index in [1.165, 1.54) is 7.11 Å². The number of ether oxygens (including phenoxy) is 1. The van der Waals surface area contributed by atoms with E-state index in [0.717, 1.165) is 48.4 Å². The first-order chi connectivity index (χ1) is 13.2. The summed E-state index contributed by atoms with van der Waals surface area (Å²) in [6.45, 7) is 1.48. The van der Waals surface area contributed by atoms with Crippen molar-refractivity contribution in [2.45, 2.75) is 18.8 Å². The summed E-state index contributed by atoms with van der Waals surface area (Å²) in [4.78, 5) is 29.9. The summed E-state index contributed by atoms with van der Waals surface area (Å²) >= 11 is 0. The van der Waals surface area contributed by atoms with Crippen LogP contribution in [-0.2, 0) is 9.53 Å². The number of amides is 1. The third-order valence-corrected chi connectivity index (χ3v) is 5.10. The Bertz CT molecular complexity index is 995. The second kappa shape index (κ2) is 7.23. The molecule has 1 aliphatic rings. The van der Waals surface area contributed by atoms with E-state index in [2.05, 4.69) is 4.40 Å². The number of pyridine rings is 1. The Balaban J connectivity index is 1.81. The molecule has 1 aromatic carbocycles. The van der Waals surface area contributed by atoms with Gasteiger partial charge in [0.25, 0.3) is 0 Å². The highest BCUT2D eigenvalue weighted by molar-refractivity contribution is 5.91. The van der Waals surface area contributed by atoms with E-state index in [4.69, 9.17) is 9.72 Å². The van der Waals surface area contributed by atoms with E-state index in [-0.39, 0.29) is 11.9 Å². The van der Waals surface area contributed by atoms with Gasteiger partial charge in [0.1, 0.15) is 5.82 Å². The number of fused-ring (bicyclic) bond motifs is 1. The Hall–Kier alpha value is -3.15. The standard InChI is InChI=1S/C21H21N3O3/c1-27-21(26)16-7-4-6-15(12-16)19-18-9-2-3-11-24(18)20(22-19)17-8-5-10-23(13-17)14-25/h2-4,6-7,9,11-12,14,17H,5,8,10,13H2,1H3. The van der Waals surface area contributed by atoms with E-state index in [0.29, 0.717) is 12.1 Å². The Morgan fingerprint density at radius 3 is 2.96 bits per heavy atom. The minimum atomic E-state index is -0.366. The second-order valence-corrected chi connectivity index (χ2v) is 6.79. The molecule has 3 aromatic rings. The summed E-state index contributed by atoms with van der Waals surface area (Å²) in [5.74, 6) is 0.779. The van der Waals surface area contributed by atoms with Gasteiger partial charge in [-0.2, -0.15) is 0 Å². The molecule has 1 fully saturated rings. The predicted octanol–water partition coefficient (Wildman–Crippen LogP) is 3.12. The number of carbonyl (C=O) groups excluding carboxylic acids is 2. The molecule has 1 unspecified atom stereocenters. The lowest BCUT2D eigenvalue weighted by atomic mass is 9.97. The highest BCUT2D eigenvalue weighted by Gasteiger charge is 2.25. The lowest BCUT2D eigenvalue weighted by Crippen LogP contribution is -2.33. The topological polar surface area (TPSA) is 63.9 Å². The molecule has 0 spiro atoms. The number of imidazole rings is 1. The highest BCUT2D eigenvalue weighted by Crippen LogP contribution is 2.32. The van der Waals surface area contributed by atoms with Crippen LogP contribution in [0.3, 0.4) is 0 Å². The first-order valence-electron chi connectivity index (χ1n) is 9.06. The fraction of sp³-hybridized carbons (Fsp3) is 0.286.